The number of furan rings is 2. The van der Waals surface area contributed by atoms with Crippen molar-refractivity contribution in [3.63, 3.8) is 0 Å². The van der Waals surface area contributed by atoms with E-state index >= 15 is 0 Å². The second-order valence-electron chi connectivity index (χ2n) is 13.8. The van der Waals surface area contributed by atoms with E-state index in [4.69, 9.17) is 8.83 Å². The molecule has 0 saturated heterocycles. The molecule has 0 spiro atoms. The Hall–Kier alpha value is -5.86. The first-order chi connectivity index (χ1) is 24.3. The van der Waals surface area contributed by atoms with Crippen LogP contribution in [-0.2, 0) is 0 Å². The molecule has 10 aromatic rings. The Labute approximate surface area is 283 Å². The van der Waals surface area contributed by atoms with E-state index in [1.807, 2.05) is 12.3 Å². The largest absolute Gasteiger partial charge is 0.464 e. The van der Waals surface area contributed by atoms with Gasteiger partial charge in [-0.3, -0.25) is 0 Å². The SMILES string of the molecule is c1ccc2c(c1)oc1c3ccccc3c(-c3c4ccccc4c(-c4cccc5c4ccc4occ(C6CCCC6)c45)c4ccccc34)cc21. The topological polar surface area (TPSA) is 26.3 Å². The molecule has 11 rings (SSSR count). The van der Waals surface area contributed by atoms with Crippen LogP contribution in [0.25, 0.3) is 98.3 Å². The summed E-state index contributed by atoms with van der Waals surface area (Å²) in [6.45, 7) is 0. The summed E-state index contributed by atoms with van der Waals surface area (Å²) in [7, 11) is 0. The van der Waals surface area contributed by atoms with Crippen molar-refractivity contribution < 1.29 is 8.83 Å². The highest BCUT2D eigenvalue weighted by molar-refractivity contribution is 6.28. The molecule has 2 nitrogen and oxygen atoms in total. The first-order valence-corrected chi connectivity index (χ1v) is 17.5. The smallest absolute Gasteiger partial charge is 0.143 e. The molecule has 2 aromatic heterocycles. The molecular formula is C47H32O2. The van der Waals surface area contributed by atoms with Gasteiger partial charge in [0.15, 0.2) is 0 Å². The molecule has 1 aliphatic carbocycles. The lowest BCUT2D eigenvalue weighted by Gasteiger charge is -2.20. The Kier molecular flexibility index (Phi) is 5.71. The van der Waals surface area contributed by atoms with Crippen LogP contribution in [-0.4, -0.2) is 0 Å². The van der Waals surface area contributed by atoms with Crippen LogP contribution < -0.4 is 0 Å². The molecule has 1 fully saturated rings. The normalized spacial score (nSPS) is 14.1. The van der Waals surface area contributed by atoms with Crippen molar-refractivity contribution in [2.75, 3.05) is 0 Å². The van der Waals surface area contributed by atoms with E-state index in [1.165, 1.54) is 96.6 Å². The minimum absolute atomic E-state index is 0.580. The molecule has 2 heteroatoms. The van der Waals surface area contributed by atoms with Gasteiger partial charge < -0.3 is 8.83 Å². The predicted molar refractivity (Wildman–Crippen MR) is 206 cm³/mol. The molecule has 0 N–H and O–H groups in total. The Morgan fingerprint density at radius 3 is 1.71 bits per heavy atom. The number of rotatable bonds is 3. The Morgan fingerprint density at radius 2 is 1.00 bits per heavy atom. The molecule has 0 bridgehead atoms. The fraction of sp³-hybridized carbons (Fsp3) is 0.106. The number of para-hydroxylation sites is 1. The molecule has 0 radical (unpaired) electrons. The van der Waals surface area contributed by atoms with Crippen LogP contribution in [0.2, 0.25) is 0 Å². The summed E-state index contributed by atoms with van der Waals surface area (Å²) >= 11 is 0. The van der Waals surface area contributed by atoms with Crippen LogP contribution in [0.15, 0.2) is 149 Å². The van der Waals surface area contributed by atoms with Crippen molar-refractivity contribution in [1.82, 2.24) is 0 Å². The van der Waals surface area contributed by atoms with E-state index in [-0.39, 0.29) is 0 Å². The maximum Gasteiger partial charge on any atom is 0.143 e. The van der Waals surface area contributed by atoms with Gasteiger partial charge in [0, 0.05) is 27.1 Å². The second kappa shape index (κ2) is 10.3. The van der Waals surface area contributed by atoms with Gasteiger partial charge in [-0.2, -0.15) is 0 Å². The molecule has 2 heterocycles. The van der Waals surface area contributed by atoms with Crippen LogP contribution in [0.1, 0.15) is 37.2 Å². The van der Waals surface area contributed by atoms with Gasteiger partial charge in [0.2, 0.25) is 0 Å². The van der Waals surface area contributed by atoms with Crippen LogP contribution in [0.3, 0.4) is 0 Å². The number of hydrogen-bond acceptors (Lipinski definition) is 2. The molecular weight excluding hydrogens is 597 g/mol. The van der Waals surface area contributed by atoms with Crippen molar-refractivity contribution in [2.45, 2.75) is 31.6 Å². The van der Waals surface area contributed by atoms with Crippen molar-refractivity contribution >= 4 is 76.0 Å². The van der Waals surface area contributed by atoms with Gasteiger partial charge in [0.25, 0.3) is 0 Å². The van der Waals surface area contributed by atoms with E-state index in [0.717, 1.165) is 32.9 Å². The fourth-order valence-electron chi connectivity index (χ4n) is 9.14. The number of hydrogen-bond donors (Lipinski definition) is 0. The summed E-state index contributed by atoms with van der Waals surface area (Å²) in [6, 6.07) is 48.8. The zero-order valence-electron chi connectivity index (χ0n) is 27.0. The summed E-state index contributed by atoms with van der Waals surface area (Å²) in [6.07, 6.45) is 7.14. The molecule has 1 saturated carbocycles. The summed E-state index contributed by atoms with van der Waals surface area (Å²) < 4.78 is 12.7. The maximum atomic E-state index is 6.51. The van der Waals surface area contributed by atoms with E-state index in [1.54, 1.807) is 0 Å². The Balaban J connectivity index is 1.26. The Bertz CT molecular complexity index is 2890. The van der Waals surface area contributed by atoms with E-state index in [0.29, 0.717) is 5.92 Å². The third-order valence-electron chi connectivity index (χ3n) is 11.3. The predicted octanol–water partition coefficient (Wildman–Crippen LogP) is 13.9. The van der Waals surface area contributed by atoms with Crippen LogP contribution >= 0.6 is 0 Å². The lowest BCUT2D eigenvalue weighted by molar-refractivity contribution is 0.599. The van der Waals surface area contributed by atoms with E-state index < -0.39 is 0 Å². The molecule has 8 aromatic carbocycles. The van der Waals surface area contributed by atoms with E-state index in [2.05, 4.69) is 127 Å². The van der Waals surface area contributed by atoms with Gasteiger partial charge in [0.1, 0.15) is 16.7 Å². The molecule has 0 unspecified atom stereocenters. The number of fused-ring (bicyclic) bond motifs is 10. The highest BCUT2D eigenvalue weighted by atomic mass is 16.3. The molecule has 49 heavy (non-hydrogen) atoms. The highest BCUT2D eigenvalue weighted by Gasteiger charge is 2.25. The summed E-state index contributed by atoms with van der Waals surface area (Å²) in [4.78, 5) is 0. The lowest BCUT2D eigenvalue weighted by Crippen LogP contribution is -1.93. The van der Waals surface area contributed by atoms with Gasteiger partial charge >= 0.3 is 0 Å². The zero-order chi connectivity index (χ0) is 32.1. The van der Waals surface area contributed by atoms with Crippen LogP contribution in [0, 0.1) is 0 Å². The van der Waals surface area contributed by atoms with Crippen LogP contribution in [0.5, 0.6) is 0 Å². The van der Waals surface area contributed by atoms with Crippen molar-refractivity contribution in [2.24, 2.45) is 0 Å². The standard InChI is InChI=1S/C47H32O2/c1-2-13-28(12-1)41-27-48-43-25-24-30-32(21-11-22-33(30)46(41)43)44-34-16-4-6-18-36(34)45(37-19-7-5-17-35(37)44)39-26-40-31-15-9-10-23-42(31)49-47(40)38-20-8-3-14-29(38)39/h3-11,14-28H,1-2,12-13H2. The van der Waals surface area contributed by atoms with Gasteiger partial charge in [0.05, 0.1) is 6.26 Å². The van der Waals surface area contributed by atoms with Crippen LogP contribution in [0.4, 0.5) is 0 Å². The van der Waals surface area contributed by atoms with E-state index in [9.17, 15) is 0 Å². The average Bonchev–Trinajstić information content (AvgIpc) is 3.93. The molecule has 0 amide bonds. The molecule has 1 aliphatic rings. The minimum Gasteiger partial charge on any atom is -0.464 e. The van der Waals surface area contributed by atoms with Crippen molar-refractivity contribution in [3.8, 4) is 22.3 Å². The Morgan fingerprint density at radius 1 is 0.429 bits per heavy atom. The quantitative estimate of drug-likeness (QED) is 0.182. The third kappa shape index (κ3) is 3.83. The summed E-state index contributed by atoms with van der Waals surface area (Å²) in [5, 5.41) is 13.5. The first-order valence-electron chi connectivity index (χ1n) is 17.5. The minimum atomic E-state index is 0.580. The highest BCUT2D eigenvalue weighted by Crippen LogP contribution is 2.49. The summed E-state index contributed by atoms with van der Waals surface area (Å²) in [5.74, 6) is 0.580. The average molecular weight is 629 g/mol. The summed E-state index contributed by atoms with van der Waals surface area (Å²) in [5.41, 5.74) is 9.28. The molecule has 232 valence electrons. The number of benzene rings is 8. The van der Waals surface area contributed by atoms with Gasteiger partial charge in [-0.1, -0.05) is 128 Å². The fourth-order valence-corrected chi connectivity index (χ4v) is 9.14. The van der Waals surface area contributed by atoms with Gasteiger partial charge in [-0.25, -0.2) is 0 Å². The molecule has 0 aliphatic heterocycles. The van der Waals surface area contributed by atoms with Gasteiger partial charge in [-0.05, 0) is 96.9 Å². The second-order valence-corrected chi connectivity index (χ2v) is 13.8. The van der Waals surface area contributed by atoms with Crippen molar-refractivity contribution in [1.29, 1.82) is 0 Å². The zero-order valence-corrected chi connectivity index (χ0v) is 27.0. The lowest BCUT2D eigenvalue weighted by atomic mass is 9.83. The maximum absolute atomic E-state index is 6.51. The first kappa shape index (κ1) is 27.1. The van der Waals surface area contributed by atoms with Crippen molar-refractivity contribution in [3.05, 3.63) is 145 Å². The van der Waals surface area contributed by atoms with Gasteiger partial charge in [-0.15, -0.1) is 0 Å². The monoisotopic (exact) mass is 628 g/mol. The molecule has 0 atom stereocenters. The third-order valence-corrected chi connectivity index (χ3v) is 11.3.